The van der Waals surface area contributed by atoms with Crippen molar-refractivity contribution >= 4 is 28.0 Å². The molecule has 2 aromatic rings. The van der Waals surface area contributed by atoms with Crippen LogP contribution in [0.4, 0.5) is 0 Å². The van der Waals surface area contributed by atoms with Crippen LogP contribution in [0.2, 0.25) is 0 Å². The van der Waals surface area contributed by atoms with Gasteiger partial charge in [-0.25, -0.2) is 4.79 Å². The molecule has 0 amide bonds. The number of carbonyl (C=O) groups excluding carboxylic acids is 1. The molecule has 0 fully saturated rings. The molecule has 21 heavy (non-hydrogen) atoms. The van der Waals surface area contributed by atoms with Crippen LogP contribution in [0.1, 0.15) is 16.7 Å². The molecule has 2 aromatic carbocycles. The fourth-order valence-corrected chi connectivity index (χ4v) is 1.88. The SMILES string of the molecule is N#Cc1ccc(COC(=O)/C=C/c2ccc(Br)cc2)cc1. The van der Waals surface area contributed by atoms with Gasteiger partial charge in [-0.1, -0.05) is 40.2 Å². The average Bonchev–Trinajstić information content (AvgIpc) is 2.53. The zero-order valence-corrected chi connectivity index (χ0v) is 12.7. The lowest BCUT2D eigenvalue weighted by molar-refractivity contribution is -0.138. The molecular formula is C17H12BrNO2. The summed E-state index contributed by atoms with van der Waals surface area (Å²) in [5, 5.41) is 8.69. The van der Waals surface area contributed by atoms with Crippen molar-refractivity contribution < 1.29 is 9.53 Å². The highest BCUT2D eigenvalue weighted by Crippen LogP contribution is 2.11. The number of hydrogen-bond donors (Lipinski definition) is 0. The molecule has 2 rings (SSSR count). The molecule has 0 spiro atoms. The Bertz CT molecular complexity index is 682. The van der Waals surface area contributed by atoms with E-state index in [1.54, 1.807) is 30.3 Å². The quantitative estimate of drug-likeness (QED) is 0.621. The lowest BCUT2D eigenvalue weighted by atomic mass is 10.2. The van der Waals surface area contributed by atoms with E-state index in [1.807, 2.05) is 30.3 Å². The molecule has 0 saturated carbocycles. The van der Waals surface area contributed by atoms with E-state index in [2.05, 4.69) is 15.9 Å². The Morgan fingerprint density at radius 3 is 2.43 bits per heavy atom. The summed E-state index contributed by atoms with van der Waals surface area (Å²) in [7, 11) is 0. The molecule has 104 valence electrons. The Balaban J connectivity index is 1.86. The molecule has 0 aromatic heterocycles. The van der Waals surface area contributed by atoms with Crippen LogP contribution in [0.5, 0.6) is 0 Å². The number of rotatable bonds is 4. The summed E-state index contributed by atoms with van der Waals surface area (Å²) in [6.45, 7) is 0.190. The van der Waals surface area contributed by atoms with Crippen molar-refractivity contribution in [1.82, 2.24) is 0 Å². The molecule has 0 bridgehead atoms. The zero-order chi connectivity index (χ0) is 15.1. The molecule has 0 aliphatic heterocycles. The van der Waals surface area contributed by atoms with Crippen molar-refractivity contribution in [3.63, 3.8) is 0 Å². The second-order valence-corrected chi connectivity index (χ2v) is 5.22. The molecule has 0 aliphatic rings. The Labute approximate surface area is 131 Å². The minimum Gasteiger partial charge on any atom is -0.458 e. The van der Waals surface area contributed by atoms with Crippen molar-refractivity contribution in [1.29, 1.82) is 5.26 Å². The third-order valence-electron chi connectivity index (χ3n) is 2.75. The van der Waals surface area contributed by atoms with E-state index in [-0.39, 0.29) is 6.61 Å². The van der Waals surface area contributed by atoms with Gasteiger partial charge in [-0.15, -0.1) is 0 Å². The number of carbonyl (C=O) groups is 1. The summed E-state index contributed by atoms with van der Waals surface area (Å²) >= 11 is 3.35. The van der Waals surface area contributed by atoms with Gasteiger partial charge in [0, 0.05) is 10.5 Å². The first-order chi connectivity index (χ1) is 10.2. The minimum absolute atomic E-state index is 0.190. The topological polar surface area (TPSA) is 50.1 Å². The van der Waals surface area contributed by atoms with E-state index in [4.69, 9.17) is 10.00 Å². The Hall–Kier alpha value is -2.38. The first kappa shape index (κ1) is 15.0. The summed E-state index contributed by atoms with van der Waals surface area (Å²) in [6.07, 6.45) is 3.10. The highest BCUT2D eigenvalue weighted by atomic mass is 79.9. The second-order valence-electron chi connectivity index (χ2n) is 4.30. The first-order valence-electron chi connectivity index (χ1n) is 6.27. The lowest BCUT2D eigenvalue weighted by Crippen LogP contribution is -2.00. The monoisotopic (exact) mass is 341 g/mol. The Kier molecular flexibility index (Phi) is 5.30. The number of ether oxygens (including phenoxy) is 1. The van der Waals surface area contributed by atoms with Crippen molar-refractivity contribution in [2.24, 2.45) is 0 Å². The summed E-state index contributed by atoms with van der Waals surface area (Å²) in [6, 6.07) is 16.6. The Morgan fingerprint density at radius 2 is 1.81 bits per heavy atom. The van der Waals surface area contributed by atoms with Crippen LogP contribution in [-0.4, -0.2) is 5.97 Å². The number of nitriles is 1. The number of esters is 1. The van der Waals surface area contributed by atoms with Crippen LogP contribution in [0.15, 0.2) is 59.1 Å². The molecule has 0 radical (unpaired) electrons. The molecule has 3 nitrogen and oxygen atoms in total. The van der Waals surface area contributed by atoms with Gasteiger partial charge in [0.2, 0.25) is 0 Å². The predicted molar refractivity (Wildman–Crippen MR) is 84.1 cm³/mol. The van der Waals surface area contributed by atoms with Gasteiger partial charge < -0.3 is 4.74 Å². The fourth-order valence-electron chi connectivity index (χ4n) is 1.62. The van der Waals surface area contributed by atoms with E-state index in [0.29, 0.717) is 5.56 Å². The molecule has 0 saturated heterocycles. The molecule has 4 heteroatoms. The molecule has 0 N–H and O–H groups in total. The largest absolute Gasteiger partial charge is 0.458 e. The number of benzene rings is 2. The van der Waals surface area contributed by atoms with Crippen LogP contribution < -0.4 is 0 Å². The van der Waals surface area contributed by atoms with Gasteiger partial charge in [-0.3, -0.25) is 0 Å². The molecule has 0 atom stereocenters. The zero-order valence-electron chi connectivity index (χ0n) is 11.1. The standard InChI is InChI=1S/C17H12BrNO2/c18-16-8-5-13(6-9-16)7-10-17(20)21-12-15-3-1-14(11-19)2-4-15/h1-10H,12H2/b10-7+. The smallest absolute Gasteiger partial charge is 0.331 e. The number of nitrogens with zero attached hydrogens (tertiary/aromatic N) is 1. The third kappa shape index (κ3) is 4.90. The van der Waals surface area contributed by atoms with E-state index in [0.717, 1.165) is 15.6 Å². The molecule has 0 aliphatic carbocycles. The fraction of sp³-hybridized carbons (Fsp3) is 0.0588. The summed E-state index contributed by atoms with van der Waals surface area (Å²) in [5.41, 5.74) is 2.35. The van der Waals surface area contributed by atoms with Crippen molar-refractivity contribution in [3.8, 4) is 6.07 Å². The average molecular weight is 342 g/mol. The highest BCUT2D eigenvalue weighted by Gasteiger charge is 1.99. The first-order valence-corrected chi connectivity index (χ1v) is 7.06. The van der Waals surface area contributed by atoms with E-state index >= 15 is 0 Å². The lowest BCUT2D eigenvalue weighted by Gasteiger charge is -2.02. The summed E-state index contributed by atoms with van der Waals surface area (Å²) in [4.78, 5) is 11.6. The highest BCUT2D eigenvalue weighted by molar-refractivity contribution is 9.10. The molecular weight excluding hydrogens is 330 g/mol. The van der Waals surface area contributed by atoms with Crippen molar-refractivity contribution in [3.05, 3.63) is 75.8 Å². The third-order valence-corrected chi connectivity index (χ3v) is 3.27. The van der Waals surface area contributed by atoms with E-state index in [1.165, 1.54) is 6.08 Å². The maximum Gasteiger partial charge on any atom is 0.331 e. The van der Waals surface area contributed by atoms with Gasteiger partial charge in [0.15, 0.2) is 0 Å². The van der Waals surface area contributed by atoms with Crippen molar-refractivity contribution in [2.45, 2.75) is 6.61 Å². The van der Waals surface area contributed by atoms with Crippen LogP contribution in [0.3, 0.4) is 0 Å². The van der Waals surface area contributed by atoms with Gasteiger partial charge in [-0.2, -0.15) is 5.26 Å². The molecule has 0 unspecified atom stereocenters. The van der Waals surface area contributed by atoms with Gasteiger partial charge in [0.1, 0.15) is 6.61 Å². The Morgan fingerprint density at radius 1 is 1.14 bits per heavy atom. The predicted octanol–water partition coefficient (Wildman–Crippen LogP) is 4.08. The second kappa shape index (κ2) is 7.41. The number of hydrogen-bond acceptors (Lipinski definition) is 3. The van der Waals surface area contributed by atoms with Crippen LogP contribution >= 0.6 is 15.9 Å². The van der Waals surface area contributed by atoms with E-state index < -0.39 is 5.97 Å². The maximum absolute atomic E-state index is 11.6. The van der Waals surface area contributed by atoms with Crippen molar-refractivity contribution in [2.75, 3.05) is 0 Å². The normalized spacial score (nSPS) is 10.3. The minimum atomic E-state index is -0.401. The van der Waals surface area contributed by atoms with Crippen LogP contribution in [0.25, 0.3) is 6.08 Å². The summed E-state index contributed by atoms with van der Waals surface area (Å²) in [5.74, 6) is -0.401. The van der Waals surface area contributed by atoms with Crippen LogP contribution in [0, 0.1) is 11.3 Å². The summed E-state index contributed by atoms with van der Waals surface area (Å²) < 4.78 is 6.12. The van der Waals surface area contributed by atoms with Gasteiger partial charge >= 0.3 is 5.97 Å². The van der Waals surface area contributed by atoms with Gasteiger partial charge in [-0.05, 0) is 41.5 Å². The van der Waals surface area contributed by atoms with Gasteiger partial charge in [0.25, 0.3) is 0 Å². The van der Waals surface area contributed by atoms with E-state index in [9.17, 15) is 4.79 Å². The maximum atomic E-state index is 11.6. The number of halogens is 1. The van der Waals surface area contributed by atoms with Crippen LogP contribution in [-0.2, 0) is 16.1 Å². The van der Waals surface area contributed by atoms with Gasteiger partial charge in [0.05, 0.1) is 11.6 Å². The molecule has 0 heterocycles.